The lowest BCUT2D eigenvalue weighted by atomic mass is 10.1. The SMILES string of the molecule is COc1ccc(C(=O)O[C@@H](C)C(=O)NCC(=O)Nc2c(C)cccc2C)cn1. The van der Waals surface area contributed by atoms with Crippen LogP contribution in [0.3, 0.4) is 0 Å². The minimum absolute atomic E-state index is 0.188. The minimum atomic E-state index is -1.07. The molecule has 0 spiro atoms. The van der Waals surface area contributed by atoms with Gasteiger partial charge >= 0.3 is 5.97 Å². The molecule has 0 aliphatic heterocycles. The highest BCUT2D eigenvalue weighted by Crippen LogP contribution is 2.19. The molecule has 1 aromatic carbocycles. The van der Waals surface area contributed by atoms with Gasteiger partial charge in [0.05, 0.1) is 19.2 Å². The Morgan fingerprint density at radius 3 is 2.36 bits per heavy atom. The zero-order valence-electron chi connectivity index (χ0n) is 16.2. The summed E-state index contributed by atoms with van der Waals surface area (Å²) >= 11 is 0. The van der Waals surface area contributed by atoms with Crippen LogP contribution in [0.4, 0.5) is 5.69 Å². The first kappa shape index (κ1) is 20.9. The molecule has 0 bridgehead atoms. The van der Waals surface area contributed by atoms with E-state index >= 15 is 0 Å². The van der Waals surface area contributed by atoms with Crippen molar-refractivity contribution in [2.45, 2.75) is 26.9 Å². The molecule has 2 N–H and O–H groups in total. The summed E-state index contributed by atoms with van der Waals surface area (Å²) in [4.78, 5) is 40.1. The van der Waals surface area contributed by atoms with Gasteiger partial charge in [-0.2, -0.15) is 0 Å². The monoisotopic (exact) mass is 385 g/mol. The molecule has 28 heavy (non-hydrogen) atoms. The van der Waals surface area contributed by atoms with Crippen molar-refractivity contribution in [2.75, 3.05) is 19.0 Å². The molecule has 2 rings (SSSR count). The molecule has 1 atom stereocenters. The highest BCUT2D eigenvalue weighted by molar-refractivity contribution is 5.97. The molecule has 8 nitrogen and oxygen atoms in total. The van der Waals surface area contributed by atoms with E-state index in [0.717, 1.165) is 11.1 Å². The number of hydrogen-bond acceptors (Lipinski definition) is 6. The molecule has 8 heteroatoms. The number of para-hydroxylation sites is 1. The van der Waals surface area contributed by atoms with Crippen LogP contribution >= 0.6 is 0 Å². The van der Waals surface area contributed by atoms with Crippen LogP contribution in [0.15, 0.2) is 36.5 Å². The number of carbonyl (C=O) groups is 3. The smallest absolute Gasteiger partial charge is 0.340 e. The number of nitrogens with zero attached hydrogens (tertiary/aromatic N) is 1. The van der Waals surface area contributed by atoms with Crippen molar-refractivity contribution < 1.29 is 23.9 Å². The van der Waals surface area contributed by atoms with Crippen molar-refractivity contribution in [3.63, 3.8) is 0 Å². The Hall–Kier alpha value is -3.42. The number of nitrogens with one attached hydrogen (secondary N) is 2. The third-order valence-electron chi connectivity index (χ3n) is 4.00. The lowest BCUT2D eigenvalue weighted by Crippen LogP contribution is -2.40. The van der Waals surface area contributed by atoms with Gasteiger partial charge in [0.1, 0.15) is 0 Å². The Kier molecular flexibility index (Phi) is 7.08. The molecular formula is C20H23N3O5. The Balaban J connectivity index is 1.84. The van der Waals surface area contributed by atoms with Gasteiger partial charge in [-0.05, 0) is 38.0 Å². The lowest BCUT2D eigenvalue weighted by Gasteiger charge is -2.14. The maximum atomic E-state index is 12.1. The minimum Gasteiger partial charge on any atom is -0.481 e. The van der Waals surface area contributed by atoms with Crippen LogP contribution in [0.25, 0.3) is 0 Å². The molecule has 2 aromatic rings. The molecule has 0 radical (unpaired) electrons. The van der Waals surface area contributed by atoms with Crippen molar-refractivity contribution >= 4 is 23.5 Å². The molecule has 2 amide bonds. The van der Waals surface area contributed by atoms with E-state index in [1.54, 1.807) is 0 Å². The number of ether oxygens (including phenoxy) is 2. The average Bonchev–Trinajstić information content (AvgIpc) is 2.69. The zero-order chi connectivity index (χ0) is 20.7. The van der Waals surface area contributed by atoms with E-state index in [1.165, 1.54) is 32.4 Å². The topological polar surface area (TPSA) is 107 Å². The number of methoxy groups -OCH3 is 1. The summed E-state index contributed by atoms with van der Waals surface area (Å²) < 4.78 is 10.0. The van der Waals surface area contributed by atoms with Crippen LogP contribution in [0, 0.1) is 13.8 Å². The third-order valence-corrected chi connectivity index (χ3v) is 4.00. The second-order valence-corrected chi connectivity index (χ2v) is 6.17. The fourth-order valence-corrected chi connectivity index (χ4v) is 2.41. The fourth-order valence-electron chi connectivity index (χ4n) is 2.41. The number of amides is 2. The predicted molar refractivity (Wildman–Crippen MR) is 103 cm³/mol. The molecule has 1 aromatic heterocycles. The maximum absolute atomic E-state index is 12.1. The van der Waals surface area contributed by atoms with Gasteiger partial charge in [-0.1, -0.05) is 18.2 Å². The Morgan fingerprint density at radius 2 is 1.79 bits per heavy atom. The van der Waals surface area contributed by atoms with E-state index in [2.05, 4.69) is 15.6 Å². The summed E-state index contributed by atoms with van der Waals surface area (Å²) in [5, 5.41) is 5.22. The number of pyridine rings is 1. The third kappa shape index (κ3) is 5.54. The van der Waals surface area contributed by atoms with Crippen molar-refractivity contribution in [1.82, 2.24) is 10.3 Å². The summed E-state index contributed by atoms with van der Waals surface area (Å²) in [6, 6.07) is 8.67. The number of benzene rings is 1. The van der Waals surface area contributed by atoms with Gasteiger partial charge in [0.2, 0.25) is 11.8 Å². The number of rotatable bonds is 7. The van der Waals surface area contributed by atoms with E-state index in [0.29, 0.717) is 11.6 Å². The van der Waals surface area contributed by atoms with Crippen LogP contribution in [0.2, 0.25) is 0 Å². The molecule has 0 fully saturated rings. The van der Waals surface area contributed by atoms with Gasteiger partial charge in [-0.3, -0.25) is 9.59 Å². The number of hydrogen-bond donors (Lipinski definition) is 2. The van der Waals surface area contributed by atoms with Crippen LogP contribution in [-0.4, -0.2) is 42.5 Å². The first-order valence-corrected chi connectivity index (χ1v) is 8.66. The van der Waals surface area contributed by atoms with Crippen LogP contribution < -0.4 is 15.4 Å². The first-order chi connectivity index (χ1) is 13.3. The van der Waals surface area contributed by atoms with Crippen molar-refractivity contribution in [1.29, 1.82) is 0 Å². The molecule has 148 valence electrons. The number of carbonyl (C=O) groups excluding carboxylic acids is 3. The van der Waals surface area contributed by atoms with Crippen molar-refractivity contribution in [3.05, 3.63) is 53.2 Å². The lowest BCUT2D eigenvalue weighted by molar-refractivity contribution is -0.130. The summed E-state index contributed by atoms with van der Waals surface area (Å²) in [5.41, 5.74) is 2.76. The number of anilines is 1. The second-order valence-electron chi connectivity index (χ2n) is 6.17. The molecule has 0 unspecified atom stereocenters. The van der Waals surface area contributed by atoms with Crippen LogP contribution in [0.5, 0.6) is 5.88 Å². The van der Waals surface area contributed by atoms with Crippen LogP contribution in [0.1, 0.15) is 28.4 Å². The molecule has 1 heterocycles. The van der Waals surface area contributed by atoms with E-state index < -0.39 is 18.0 Å². The predicted octanol–water partition coefficient (Wildman–Crippen LogP) is 2.01. The van der Waals surface area contributed by atoms with Gasteiger partial charge in [0, 0.05) is 18.0 Å². The maximum Gasteiger partial charge on any atom is 0.340 e. The van der Waals surface area contributed by atoms with Gasteiger partial charge in [-0.25, -0.2) is 9.78 Å². The van der Waals surface area contributed by atoms with Gasteiger partial charge in [0.25, 0.3) is 5.91 Å². The Bertz CT molecular complexity index is 844. The molecule has 0 aliphatic carbocycles. The summed E-state index contributed by atoms with van der Waals surface area (Å²) in [5.74, 6) is -1.29. The number of esters is 1. The Morgan fingerprint density at radius 1 is 1.11 bits per heavy atom. The normalized spacial score (nSPS) is 11.3. The van der Waals surface area contributed by atoms with Gasteiger partial charge < -0.3 is 20.1 Å². The fraction of sp³-hybridized carbons (Fsp3) is 0.300. The van der Waals surface area contributed by atoms with Gasteiger partial charge in [-0.15, -0.1) is 0 Å². The summed E-state index contributed by atoms with van der Waals surface area (Å²) in [7, 11) is 1.46. The second kappa shape index (κ2) is 9.50. The standard InChI is InChI=1S/C20H23N3O5/c1-12-6-5-7-13(2)18(12)23-16(24)11-22-19(25)14(3)28-20(26)15-8-9-17(27-4)21-10-15/h5-10,14H,11H2,1-4H3,(H,22,25)(H,23,24)/t14-/m0/s1. The van der Waals surface area contributed by atoms with E-state index in [-0.39, 0.29) is 18.0 Å². The van der Waals surface area contributed by atoms with Crippen molar-refractivity contribution in [3.8, 4) is 5.88 Å². The highest BCUT2D eigenvalue weighted by atomic mass is 16.5. The molecule has 0 saturated carbocycles. The zero-order valence-corrected chi connectivity index (χ0v) is 16.2. The molecular weight excluding hydrogens is 362 g/mol. The van der Waals surface area contributed by atoms with Crippen LogP contribution in [-0.2, 0) is 14.3 Å². The van der Waals surface area contributed by atoms with E-state index in [4.69, 9.17) is 9.47 Å². The number of aryl methyl sites for hydroxylation is 2. The summed E-state index contributed by atoms with van der Waals surface area (Å²) in [6.45, 7) is 4.96. The highest BCUT2D eigenvalue weighted by Gasteiger charge is 2.20. The molecule has 0 aliphatic rings. The quantitative estimate of drug-likeness (QED) is 0.706. The van der Waals surface area contributed by atoms with Crippen molar-refractivity contribution in [2.24, 2.45) is 0 Å². The largest absolute Gasteiger partial charge is 0.481 e. The summed E-state index contributed by atoms with van der Waals surface area (Å²) in [6.07, 6.45) is 0.228. The number of aromatic nitrogens is 1. The van der Waals surface area contributed by atoms with E-state index in [1.807, 2.05) is 32.0 Å². The Labute approximate surface area is 163 Å². The molecule has 0 saturated heterocycles. The van der Waals surface area contributed by atoms with E-state index in [9.17, 15) is 14.4 Å². The average molecular weight is 385 g/mol. The first-order valence-electron chi connectivity index (χ1n) is 8.66. The van der Waals surface area contributed by atoms with Gasteiger partial charge in [0.15, 0.2) is 6.10 Å².